The van der Waals surface area contributed by atoms with Crippen LogP contribution in [0.1, 0.15) is 24.5 Å². The number of hydrogen-bond donors (Lipinski definition) is 0. The zero-order valence-electron chi connectivity index (χ0n) is 10.3. The van der Waals surface area contributed by atoms with Crippen LogP contribution in [0.25, 0.3) is 10.4 Å². The molecule has 0 bridgehead atoms. The Balaban J connectivity index is 2.65. The van der Waals surface area contributed by atoms with Crippen molar-refractivity contribution in [2.75, 3.05) is 0 Å². The molecule has 0 heterocycles. The maximum absolute atomic E-state index is 8.91. The smallest absolute Gasteiger partial charge is 0.0778 e. The van der Waals surface area contributed by atoms with E-state index in [0.29, 0.717) is 0 Å². The lowest BCUT2D eigenvalue weighted by molar-refractivity contribution is 0.516. The van der Waals surface area contributed by atoms with Gasteiger partial charge < -0.3 is 0 Å². The van der Waals surface area contributed by atoms with Crippen molar-refractivity contribution in [3.8, 4) is 0 Å². The molecule has 0 atom stereocenters. The van der Waals surface area contributed by atoms with Crippen LogP contribution in [0.4, 0.5) is 0 Å². The monoisotopic (exact) mass is 237 g/mol. The van der Waals surface area contributed by atoms with Crippen molar-refractivity contribution >= 4 is 0 Å². The normalized spacial score (nSPS) is 10.7. The first-order chi connectivity index (χ1) is 8.83. The summed E-state index contributed by atoms with van der Waals surface area (Å²) in [5, 5.41) is 4.10. The molecule has 2 aromatic rings. The second-order valence-corrected chi connectivity index (χ2v) is 4.14. The lowest BCUT2D eigenvalue weighted by Crippen LogP contribution is -2.23. The average Bonchev–Trinajstić information content (AvgIpc) is 2.47. The van der Waals surface area contributed by atoms with Gasteiger partial charge in [-0.15, -0.1) is 0 Å². The van der Waals surface area contributed by atoms with Crippen molar-refractivity contribution in [1.29, 1.82) is 0 Å². The molecule has 3 heteroatoms. The van der Waals surface area contributed by atoms with E-state index in [-0.39, 0.29) is 0 Å². The Morgan fingerprint density at radius 1 is 0.944 bits per heavy atom. The molecule has 0 spiro atoms. The van der Waals surface area contributed by atoms with Crippen molar-refractivity contribution in [3.63, 3.8) is 0 Å². The van der Waals surface area contributed by atoms with Crippen molar-refractivity contribution in [3.05, 3.63) is 82.2 Å². The summed E-state index contributed by atoms with van der Waals surface area (Å²) in [4.78, 5) is 3.06. The standard InChI is InChI=1S/C15H15N3/c1-2-15(17-18-16,13-9-5-3-6-10-13)14-11-7-4-8-12-14/h3-12H,2H2,1H3. The third kappa shape index (κ3) is 2.08. The molecule has 0 aliphatic rings. The molecule has 0 saturated heterocycles. The SMILES string of the molecule is CCC(N=[N+]=[N-])(c1ccccc1)c1ccccc1. The molecule has 0 aliphatic heterocycles. The Kier molecular flexibility index (Phi) is 3.66. The fourth-order valence-corrected chi connectivity index (χ4v) is 2.27. The van der Waals surface area contributed by atoms with E-state index in [9.17, 15) is 0 Å². The molecule has 0 aliphatic carbocycles. The van der Waals surface area contributed by atoms with E-state index in [1.807, 2.05) is 67.6 Å². The largest absolute Gasteiger partial charge is 0.0985 e. The van der Waals surface area contributed by atoms with E-state index in [4.69, 9.17) is 5.53 Å². The van der Waals surface area contributed by atoms with Crippen LogP contribution in [0.2, 0.25) is 0 Å². The van der Waals surface area contributed by atoms with Crippen LogP contribution in [0, 0.1) is 0 Å². The van der Waals surface area contributed by atoms with Gasteiger partial charge in [0, 0.05) is 4.91 Å². The minimum Gasteiger partial charge on any atom is -0.0778 e. The fraction of sp³-hybridized carbons (Fsp3) is 0.200. The quantitative estimate of drug-likeness (QED) is 0.422. The van der Waals surface area contributed by atoms with Gasteiger partial charge in [0.25, 0.3) is 0 Å². The molecule has 0 aromatic heterocycles. The molecular formula is C15H15N3. The van der Waals surface area contributed by atoms with Gasteiger partial charge in [-0.1, -0.05) is 72.7 Å². The first-order valence-electron chi connectivity index (χ1n) is 6.01. The highest BCUT2D eigenvalue weighted by molar-refractivity contribution is 5.38. The Bertz CT molecular complexity index is 503. The van der Waals surface area contributed by atoms with Crippen LogP contribution >= 0.6 is 0 Å². The lowest BCUT2D eigenvalue weighted by Gasteiger charge is -2.28. The van der Waals surface area contributed by atoms with Gasteiger partial charge in [0.05, 0.1) is 5.54 Å². The zero-order valence-corrected chi connectivity index (χ0v) is 10.3. The minimum atomic E-state index is -0.614. The predicted octanol–water partition coefficient (Wildman–Crippen LogP) is 4.65. The van der Waals surface area contributed by atoms with Crippen molar-refractivity contribution in [2.45, 2.75) is 18.9 Å². The summed E-state index contributed by atoms with van der Waals surface area (Å²) in [6.45, 7) is 2.04. The van der Waals surface area contributed by atoms with Gasteiger partial charge in [-0.3, -0.25) is 0 Å². The second kappa shape index (κ2) is 5.39. The molecule has 0 saturated carbocycles. The average molecular weight is 237 g/mol. The van der Waals surface area contributed by atoms with Crippen LogP contribution in [0.15, 0.2) is 65.8 Å². The predicted molar refractivity (Wildman–Crippen MR) is 73.1 cm³/mol. The Morgan fingerprint density at radius 2 is 1.39 bits per heavy atom. The molecule has 0 amide bonds. The van der Waals surface area contributed by atoms with Crippen molar-refractivity contribution < 1.29 is 0 Å². The van der Waals surface area contributed by atoms with Gasteiger partial charge >= 0.3 is 0 Å². The van der Waals surface area contributed by atoms with E-state index < -0.39 is 5.54 Å². The summed E-state index contributed by atoms with van der Waals surface area (Å²) >= 11 is 0. The summed E-state index contributed by atoms with van der Waals surface area (Å²) in [6.07, 6.45) is 0.727. The number of hydrogen-bond acceptors (Lipinski definition) is 1. The number of benzene rings is 2. The highest BCUT2D eigenvalue weighted by atomic mass is 15.2. The maximum atomic E-state index is 8.91. The number of nitrogens with zero attached hydrogens (tertiary/aromatic N) is 3. The summed E-state index contributed by atoms with van der Waals surface area (Å²) in [7, 11) is 0. The number of rotatable bonds is 4. The molecule has 2 aromatic carbocycles. The highest BCUT2D eigenvalue weighted by Crippen LogP contribution is 2.37. The molecule has 18 heavy (non-hydrogen) atoms. The third-order valence-corrected chi connectivity index (χ3v) is 3.23. The molecule has 0 fully saturated rings. The van der Waals surface area contributed by atoms with E-state index in [0.717, 1.165) is 17.5 Å². The van der Waals surface area contributed by atoms with Crippen LogP contribution in [-0.2, 0) is 5.54 Å². The van der Waals surface area contributed by atoms with Crippen LogP contribution in [0.5, 0.6) is 0 Å². The highest BCUT2D eigenvalue weighted by Gasteiger charge is 2.30. The summed E-state index contributed by atoms with van der Waals surface area (Å²) in [5.41, 5.74) is 10.3. The van der Waals surface area contributed by atoms with Gasteiger partial charge in [-0.25, -0.2) is 0 Å². The molecule has 0 radical (unpaired) electrons. The maximum Gasteiger partial charge on any atom is 0.0985 e. The fourth-order valence-electron chi connectivity index (χ4n) is 2.27. The van der Waals surface area contributed by atoms with E-state index in [1.54, 1.807) is 0 Å². The van der Waals surface area contributed by atoms with Crippen LogP contribution < -0.4 is 0 Å². The molecule has 2 rings (SSSR count). The van der Waals surface area contributed by atoms with Gasteiger partial charge in [0.1, 0.15) is 0 Å². The van der Waals surface area contributed by atoms with Crippen LogP contribution in [0.3, 0.4) is 0 Å². The Labute approximate surface area is 107 Å². The molecule has 0 unspecified atom stereocenters. The first kappa shape index (κ1) is 12.2. The zero-order chi connectivity index (χ0) is 12.8. The van der Waals surface area contributed by atoms with E-state index in [2.05, 4.69) is 10.0 Å². The number of azide groups is 1. The minimum absolute atomic E-state index is 0.614. The molecule has 90 valence electrons. The topological polar surface area (TPSA) is 48.8 Å². The van der Waals surface area contributed by atoms with Gasteiger partial charge in [0.2, 0.25) is 0 Å². The summed E-state index contributed by atoms with van der Waals surface area (Å²) in [5.74, 6) is 0. The summed E-state index contributed by atoms with van der Waals surface area (Å²) in [6, 6.07) is 19.8. The van der Waals surface area contributed by atoms with Gasteiger partial charge in [-0.2, -0.15) is 0 Å². The van der Waals surface area contributed by atoms with Crippen molar-refractivity contribution in [2.24, 2.45) is 5.11 Å². The lowest BCUT2D eigenvalue weighted by atomic mass is 9.81. The summed E-state index contributed by atoms with van der Waals surface area (Å²) < 4.78 is 0. The molecular weight excluding hydrogens is 222 g/mol. The van der Waals surface area contributed by atoms with Gasteiger partial charge in [-0.05, 0) is 23.1 Å². The Morgan fingerprint density at radius 3 is 1.72 bits per heavy atom. The van der Waals surface area contributed by atoms with Gasteiger partial charge in [0.15, 0.2) is 0 Å². The second-order valence-electron chi connectivity index (χ2n) is 4.14. The van der Waals surface area contributed by atoms with Crippen LogP contribution in [-0.4, -0.2) is 0 Å². The van der Waals surface area contributed by atoms with Crippen molar-refractivity contribution in [1.82, 2.24) is 0 Å². The molecule has 3 nitrogen and oxygen atoms in total. The Hall–Kier alpha value is -2.25. The first-order valence-corrected chi connectivity index (χ1v) is 6.01. The molecule has 0 N–H and O–H groups in total. The van der Waals surface area contributed by atoms with E-state index >= 15 is 0 Å². The third-order valence-electron chi connectivity index (χ3n) is 3.23. The van der Waals surface area contributed by atoms with E-state index in [1.165, 1.54) is 0 Å².